The van der Waals surface area contributed by atoms with Crippen LogP contribution in [0, 0.1) is 0 Å². The van der Waals surface area contributed by atoms with Crippen molar-refractivity contribution in [3.05, 3.63) is 59.6 Å². The van der Waals surface area contributed by atoms with E-state index in [0.717, 1.165) is 22.1 Å². The molecule has 0 atom stereocenters. The number of nitrogens with zero attached hydrogens (tertiary/aromatic N) is 3. The van der Waals surface area contributed by atoms with Crippen molar-refractivity contribution < 1.29 is 0 Å². The minimum atomic E-state index is 0.825. The maximum atomic E-state index is 4.37. The second kappa shape index (κ2) is 6.16. The Morgan fingerprint density at radius 3 is 2.24 bits per heavy atom. The molecule has 0 bridgehead atoms. The van der Waals surface area contributed by atoms with Crippen molar-refractivity contribution in [3.8, 4) is 21.7 Å². The highest BCUT2D eigenvalue weighted by atomic mass is 32.1. The van der Waals surface area contributed by atoms with Gasteiger partial charge < -0.3 is 4.90 Å². The van der Waals surface area contributed by atoms with Gasteiger partial charge in [0, 0.05) is 5.56 Å². The lowest BCUT2D eigenvalue weighted by Gasteiger charge is -2.07. The molecular weight excluding hydrogens is 278 g/mol. The molecule has 1 aromatic heterocycles. The van der Waals surface area contributed by atoms with Gasteiger partial charge in [-0.2, -0.15) is 0 Å². The van der Waals surface area contributed by atoms with Crippen molar-refractivity contribution in [1.82, 2.24) is 15.1 Å². The summed E-state index contributed by atoms with van der Waals surface area (Å²) < 4.78 is 0. The quantitative estimate of drug-likeness (QED) is 0.730. The Morgan fingerprint density at radius 1 is 0.857 bits per heavy atom. The fourth-order valence-electron chi connectivity index (χ4n) is 2.24. The molecule has 1 heterocycles. The zero-order valence-electron chi connectivity index (χ0n) is 12.2. The molecule has 3 nitrogen and oxygen atoms in total. The zero-order valence-corrected chi connectivity index (χ0v) is 13.0. The van der Waals surface area contributed by atoms with Crippen LogP contribution in [-0.2, 0) is 6.54 Å². The van der Waals surface area contributed by atoms with E-state index in [2.05, 4.69) is 63.6 Å². The molecule has 0 unspecified atom stereocenters. The molecule has 0 saturated heterocycles. The summed E-state index contributed by atoms with van der Waals surface area (Å²) in [5.74, 6) is 0. The van der Waals surface area contributed by atoms with E-state index in [0.29, 0.717) is 0 Å². The summed E-state index contributed by atoms with van der Waals surface area (Å²) in [5.41, 5.74) is 3.55. The third kappa shape index (κ3) is 3.17. The standard InChI is InChI=1S/C17H17N3S/c1-20(2)12-16-18-19-17(21-16)15-11-7-6-10-14(15)13-8-4-3-5-9-13/h3-11H,12H2,1-2H3. The maximum Gasteiger partial charge on any atom is 0.148 e. The molecule has 3 rings (SSSR count). The predicted molar refractivity (Wildman–Crippen MR) is 88.2 cm³/mol. The van der Waals surface area contributed by atoms with Gasteiger partial charge in [-0.15, -0.1) is 10.2 Å². The predicted octanol–water partition coefficient (Wildman–Crippen LogP) is 3.93. The molecule has 0 aliphatic carbocycles. The zero-order chi connectivity index (χ0) is 14.7. The first-order valence-corrected chi connectivity index (χ1v) is 7.67. The SMILES string of the molecule is CN(C)Cc1nnc(-c2ccccc2-c2ccccc2)s1. The molecule has 0 N–H and O–H groups in total. The number of hydrogen-bond acceptors (Lipinski definition) is 4. The molecule has 21 heavy (non-hydrogen) atoms. The van der Waals surface area contributed by atoms with Crippen LogP contribution in [0.1, 0.15) is 5.01 Å². The first kappa shape index (κ1) is 13.9. The monoisotopic (exact) mass is 295 g/mol. The Labute approximate surface area is 128 Å². The summed E-state index contributed by atoms with van der Waals surface area (Å²) in [5, 5.41) is 10.7. The summed E-state index contributed by atoms with van der Waals surface area (Å²) in [6.07, 6.45) is 0. The van der Waals surface area contributed by atoms with Gasteiger partial charge in [-0.25, -0.2) is 0 Å². The number of hydrogen-bond donors (Lipinski definition) is 0. The molecule has 0 aliphatic rings. The van der Waals surface area contributed by atoms with E-state index in [-0.39, 0.29) is 0 Å². The summed E-state index contributed by atoms with van der Waals surface area (Å²) in [4.78, 5) is 2.10. The van der Waals surface area contributed by atoms with Crippen LogP contribution in [-0.4, -0.2) is 29.2 Å². The minimum absolute atomic E-state index is 0.825. The van der Waals surface area contributed by atoms with Crippen molar-refractivity contribution >= 4 is 11.3 Å². The molecule has 106 valence electrons. The van der Waals surface area contributed by atoms with Crippen LogP contribution >= 0.6 is 11.3 Å². The van der Waals surface area contributed by atoms with Crippen LogP contribution < -0.4 is 0 Å². The first-order valence-electron chi connectivity index (χ1n) is 6.86. The van der Waals surface area contributed by atoms with Crippen molar-refractivity contribution in [2.45, 2.75) is 6.54 Å². The van der Waals surface area contributed by atoms with Gasteiger partial charge in [0.15, 0.2) is 0 Å². The molecule has 2 aromatic carbocycles. The number of rotatable bonds is 4. The van der Waals surface area contributed by atoms with Gasteiger partial charge in [-0.1, -0.05) is 65.9 Å². The van der Waals surface area contributed by atoms with Gasteiger partial charge in [0.25, 0.3) is 0 Å². The van der Waals surface area contributed by atoms with Crippen LogP contribution in [0.2, 0.25) is 0 Å². The lowest BCUT2D eigenvalue weighted by Crippen LogP contribution is -2.10. The van der Waals surface area contributed by atoms with Crippen molar-refractivity contribution in [2.24, 2.45) is 0 Å². The van der Waals surface area contributed by atoms with E-state index in [1.807, 2.05) is 20.2 Å². The minimum Gasteiger partial charge on any atom is -0.303 e. The average molecular weight is 295 g/mol. The van der Waals surface area contributed by atoms with E-state index in [1.54, 1.807) is 11.3 Å². The largest absolute Gasteiger partial charge is 0.303 e. The summed E-state index contributed by atoms with van der Waals surface area (Å²) in [6, 6.07) is 18.8. The normalized spacial score (nSPS) is 11.0. The lowest BCUT2D eigenvalue weighted by molar-refractivity contribution is 0.400. The van der Waals surface area contributed by atoms with Gasteiger partial charge in [0.1, 0.15) is 10.0 Å². The maximum absolute atomic E-state index is 4.37. The van der Waals surface area contributed by atoms with E-state index in [4.69, 9.17) is 0 Å². The van der Waals surface area contributed by atoms with Crippen molar-refractivity contribution in [1.29, 1.82) is 0 Å². The van der Waals surface area contributed by atoms with Crippen LogP contribution in [0.4, 0.5) is 0 Å². The topological polar surface area (TPSA) is 29.0 Å². The van der Waals surface area contributed by atoms with Gasteiger partial charge in [-0.3, -0.25) is 0 Å². The van der Waals surface area contributed by atoms with Crippen LogP contribution in [0.5, 0.6) is 0 Å². The molecule has 0 amide bonds. The highest BCUT2D eigenvalue weighted by molar-refractivity contribution is 7.14. The summed E-state index contributed by atoms with van der Waals surface area (Å²) in [6.45, 7) is 0.825. The van der Waals surface area contributed by atoms with E-state index in [9.17, 15) is 0 Å². The molecule has 0 spiro atoms. The molecule has 3 aromatic rings. The van der Waals surface area contributed by atoms with Crippen molar-refractivity contribution in [3.63, 3.8) is 0 Å². The van der Waals surface area contributed by atoms with Crippen LogP contribution in [0.15, 0.2) is 54.6 Å². The Hall–Kier alpha value is -2.04. The molecular formula is C17H17N3S. The van der Waals surface area contributed by atoms with Gasteiger partial charge in [-0.05, 0) is 25.2 Å². The van der Waals surface area contributed by atoms with Gasteiger partial charge >= 0.3 is 0 Å². The molecule has 0 radical (unpaired) electrons. The van der Waals surface area contributed by atoms with E-state index >= 15 is 0 Å². The smallest absolute Gasteiger partial charge is 0.148 e. The molecule has 0 aliphatic heterocycles. The van der Waals surface area contributed by atoms with Crippen molar-refractivity contribution in [2.75, 3.05) is 14.1 Å². The number of aromatic nitrogens is 2. The second-order valence-electron chi connectivity index (χ2n) is 5.15. The van der Waals surface area contributed by atoms with Gasteiger partial charge in [0.2, 0.25) is 0 Å². The lowest BCUT2D eigenvalue weighted by atomic mass is 10.0. The summed E-state index contributed by atoms with van der Waals surface area (Å²) >= 11 is 1.66. The Bertz CT molecular complexity index is 720. The van der Waals surface area contributed by atoms with E-state index in [1.165, 1.54) is 11.1 Å². The second-order valence-corrected chi connectivity index (χ2v) is 6.21. The van der Waals surface area contributed by atoms with Crippen LogP contribution in [0.25, 0.3) is 21.7 Å². The Morgan fingerprint density at radius 2 is 1.52 bits per heavy atom. The fraction of sp³-hybridized carbons (Fsp3) is 0.176. The Balaban J connectivity index is 2.01. The third-order valence-corrected chi connectivity index (χ3v) is 4.10. The first-order chi connectivity index (χ1) is 10.2. The molecule has 0 fully saturated rings. The third-order valence-electron chi connectivity index (χ3n) is 3.16. The number of benzene rings is 2. The fourth-order valence-corrected chi connectivity index (χ4v) is 3.23. The highest BCUT2D eigenvalue weighted by Crippen LogP contribution is 2.33. The van der Waals surface area contributed by atoms with E-state index < -0.39 is 0 Å². The molecule has 4 heteroatoms. The molecule has 0 saturated carbocycles. The Kier molecular flexibility index (Phi) is 4.08. The average Bonchev–Trinajstić information content (AvgIpc) is 2.96. The summed E-state index contributed by atoms with van der Waals surface area (Å²) in [7, 11) is 4.08. The highest BCUT2D eigenvalue weighted by Gasteiger charge is 2.12. The van der Waals surface area contributed by atoms with Gasteiger partial charge in [0.05, 0.1) is 6.54 Å². The van der Waals surface area contributed by atoms with Crippen LogP contribution in [0.3, 0.4) is 0 Å².